The van der Waals surface area contributed by atoms with Crippen LogP contribution in [0.25, 0.3) is 11.4 Å². The maximum Gasteiger partial charge on any atom is 0.351 e. The summed E-state index contributed by atoms with van der Waals surface area (Å²) >= 11 is 0. The lowest BCUT2D eigenvalue weighted by atomic mass is 9.94. The van der Waals surface area contributed by atoms with Crippen molar-refractivity contribution in [2.45, 2.75) is 34.6 Å². The molecule has 96 valence electrons. The zero-order valence-electron chi connectivity index (χ0n) is 12.4. The Morgan fingerprint density at radius 1 is 1.00 bits per heavy atom. The second kappa shape index (κ2) is 4.23. The van der Waals surface area contributed by atoms with Crippen LogP contribution in [-0.4, -0.2) is 9.67 Å². The van der Waals surface area contributed by atoms with Gasteiger partial charge >= 0.3 is 5.82 Å². The van der Waals surface area contributed by atoms with Crippen molar-refractivity contribution >= 4 is 0 Å². The van der Waals surface area contributed by atoms with Gasteiger partial charge in [0.25, 0.3) is 5.82 Å². The SMILES string of the molecule is Cc1cc(-c2nc(C)n(C)[n+]2C)c(C)c(C)c1C. The van der Waals surface area contributed by atoms with Gasteiger partial charge in [0, 0.05) is 6.92 Å². The number of aromatic nitrogens is 3. The van der Waals surface area contributed by atoms with Crippen LogP contribution < -0.4 is 4.68 Å². The zero-order chi connectivity index (χ0) is 13.6. The molecule has 2 rings (SSSR count). The minimum atomic E-state index is 1.03. The van der Waals surface area contributed by atoms with E-state index in [1.807, 2.05) is 14.0 Å². The maximum atomic E-state index is 4.68. The molecule has 0 aliphatic heterocycles. The first-order chi connectivity index (χ1) is 8.34. The van der Waals surface area contributed by atoms with Crippen molar-refractivity contribution in [1.29, 1.82) is 0 Å². The molecule has 0 aliphatic carbocycles. The lowest BCUT2D eigenvalue weighted by Crippen LogP contribution is -2.39. The van der Waals surface area contributed by atoms with E-state index < -0.39 is 0 Å². The number of aryl methyl sites for hydroxylation is 2. The fraction of sp³-hybridized carbons (Fsp3) is 0.467. The van der Waals surface area contributed by atoms with Crippen LogP contribution in [0.2, 0.25) is 0 Å². The van der Waals surface area contributed by atoms with Gasteiger partial charge in [-0.3, -0.25) is 0 Å². The summed E-state index contributed by atoms with van der Waals surface area (Å²) in [4.78, 5) is 4.68. The third-order valence-corrected chi connectivity index (χ3v) is 4.21. The Bertz CT molecular complexity index is 621. The van der Waals surface area contributed by atoms with Crippen molar-refractivity contribution in [2.75, 3.05) is 0 Å². The molecular formula is C15H22N3+. The van der Waals surface area contributed by atoms with Gasteiger partial charge in [-0.05, 0) is 61.0 Å². The third kappa shape index (κ3) is 1.74. The Morgan fingerprint density at radius 2 is 1.61 bits per heavy atom. The van der Waals surface area contributed by atoms with Crippen LogP contribution in [0.1, 0.15) is 28.1 Å². The minimum absolute atomic E-state index is 1.03. The molecule has 1 aromatic heterocycles. The Balaban J connectivity index is 2.76. The molecule has 0 saturated heterocycles. The van der Waals surface area contributed by atoms with Crippen molar-refractivity contribution in [3.63, 3.8) is 0 Å². The zero-order valence-corrected chi connectivity index (χ0v) is 12.4. The Labute approximate surface area is 109 Å². The molecule has 0 spiro atoms. The quantitative estimate of drug-likeness (QED) is 0.706. The van der Waals surface area contributed by atoms with Crippen molar-refractivity contribution < 1.29 is 4.68 Å². The fourth-order valence-electron chi connectivity index (χ4n) is 2.34. The van der Waals surface area contributed by atoms with E-state index in [-0.39, 0.29) is 0 Å². The highest BCUT2D eigenvalue weighted by atomic mass is 15.4. The van der Waals surface area contributed by atoms with Crippen LogP contribution in [-0.2, 0) is 14.1 Å². The largest absolute Gasteiger partial charge is 0.351 e. The van der Waals surface area contributed by atoms with Crippen LogP contribution >= 0.6 is 0 Å². The Kier molecular flexibility index (Phi) is 3.01. The smallest absolute Gasteiger partial charge is 0.182 e. The average Bonchev–Trinajstić information content (AvgIpc) is 2.59. The van der Waals surface area contributed by atoms with Crippen molar-refractivity contribution in [3.8, 4) is 11.4 Å². The molecule has 1 heterocycles. The third-order valence-electron chi connectivity index (χ3n) is 4.21. The fourth-order valence-corrected chi connectivity index (χ4v) is 2.34. The topological polar surface area (TPSA) is 21.7 Å². The van der Waals surface area contributed by atoms with Gasteiger partial charge in [-0.15, -0.1) is 0 Å². The summed E-state index contributed by atoms with van der Waals surface area (Å²) in [6, 6.07) is 2.25. The Hall–Kier alpha value is -1.64. The lowest BCUT2D eigenvalue weighted by Gasteiger charge is -2.11. The Morgan fingerprint density at radius 3 is 2.11 bits per heavy atom. The molecule has 0 fully saturated rings. The normalized spacial score (nSPS) is 11.1. The standard InChI is InChI=1S/C15H22N3/c1-9-8-14(12(4)11(3)10(9)2)15-16-13(5)17(6)18(15)7/h8H,1-7H3/q+1. The minimum Gasteiger partial charge on any atom is -0.182 e. The molecule has 0 saturated carbocycles. The van der Waals surface area contributed by atoms with Crippen molar-refractivity contribution in [1.82, 2.24) is 9.67 Å². The van der Waals surface area contributed by atoms with Crippen LogP contribution in [0.15, 0.2) is 6.07 Å². The summed E-state index contributed by atoms with van der Waals surface area (Å²) in [7, 11) is 4.09. The first kappa shape index (κ1) is 12.8. The summed E-state index contributed by atoms with van der Waals surface area (Å²) in [5.41, 5.74) is 6.64. The molecule has 0 unspecified atom stereocenters. The molecule has 0 amide bonds. The second-order valence-corrected chi connectivity index (χ2v) is 5.15. The van der Waals surface area contributed by atoms with Crippen LogP contribution in [0, 0.1) is 34.6 Å². The summed E-state index contributed by atoms with van der Waals surface area (Å²) in [5, 5.41) is 0. The highest BCUT2D eigenvalue weighted by Crippen LogP contribution is 2.27. The van der Waals surface area contributed by atoms with Crippen LogP contribution in [0.4, 0.5) is 0 Å². The van der Waals surface area contributed by atoms with Gasteiger partial charge < -0.3 is 0 Å². The van der Waals surface area contributed by atoms with Crippen molar-refractivity contribution in [2.24, 2.45) is 14.1 Å². The van der Waals surface area contributed by atoms with Gasteiger partial charge in [0.05, 0.1) is 12.6 Å². The van der Waals surface area contributed by atoms with E-state index in [0.717, 1.165) is 11.6 Å². The first-order valence-corrected chi connectivity index (χ1v) is 6.32. The van der Waals surface area contributed by atoms with Gasteiger partial charge in [0.2, 0.25) is 0 Å². The first-order valence-electron chi connectivity index (χ1n) is 6.32. The highest BCUT2D eigenvalue weighted by Gasteiger charge is 2.23. The van der Waals surface area contributed by atoms with Crippen LogP contribution in [0.3, 0.4) is 0 Å². The van der Waals surface area contributed by atoms with E-state index in [1.165, 1.54) is 27.8 Å². The van der Waals surface area contributed by atoms with E-state index in [0.29, 0.717) is 0 Å². The molecule has 1 aromatic carbocycles. The number of nitrogens with zero attached hydrogens (tertiary/aromatic N) is 3. The number of hydrogen-bond donors (Lipinski definition) is 0. The van der Waals surface area contributed by atoms with Crippen LogP contribution in [0.5, 0.6) is 0 Å². The van der Waals surface area contributed by atoms with E-state index in [1.54, 1.807) is 0 Å². The van der Waals surface area contributed by atoms with Gasteiger partial charge in [0.1, 0.15) is 7.05 Å². The van der Waals surface area contributed by atoms with Gasteiger partial charge in [-0.25, -0.2) is 0 Å². The summed E-state index contributed by atoms with van der Waals surface area (Å²) in [5.74, 6) is 2.07. The van der Waals surface area contributed by atoms with Gasteiger partial charge in [0.15, 0.2) is 0 Å². The molecule has 18 heavy (non-hydrogen) atoms. The maximum absolute atomic E-state index is 4.68. The summed E-state index contributed by atoms with van der Waals surface area (Å²) < 4.78 is 4.17. The molecule has 2 aromatic rings. The number of rotatable bonds is 1. The van der Waals surface area contributed by atoms with E-state index in [2.05, 4.69) is 55.2 Å². The molecule has 0 N–H and O–H groups in total. The van der Waals surface area contributed by atoms with E-state index in [9.17, 15) is 0 Å². The summed E-state index contributed by atoms with van der Waals surface area (Å²) in [6.07, 6.45) is 0. The average molecular weight is 244 g/mol. The highest BCUT2D eigenvalue weighted by molar-refractivity contribution is 5.63. The monoisotopic (exact) mass is 244 g/mol. The van der Waals surface area contributed by atoms with Gasteiger partial charge in [-0.1, -0.05) is 0 Å². The van der Waals surface area contributed by atoms with Gasteiger partial charge in [-0.2, -0.15) is 9.36 Å². The lowest BCUT2D eigenvalue weighted by molar-refractivity contribution is -0.742. The summed E-state index contributed by atoms with van der Waals surface area (Å²) in [6.45, 7) is 10.8. The van der Waals surface area contributed by atoms with E-state index >= 15 is 0 Å². The van der Waals surface area contributed by atoms with Crippen molar-refractivity contribution in [3.05, 3.63) is 34.1 Å². The molecule has 0 radical (unpaired) electrons. The number of hydrogen-bond acceptors (Lipinski definition) is 1. The van der Waals surface area contributed by atoms with E-state index in [4.69, 9.17) is 0 Å². The molecular weight excluding hydrogens is 222 g/mol. The molecule has 0 atom stereocenters. The predicted molar refractivity (Wildman–Crippen MR) is 73.5 cm³/mol. The number of benzene rings is 1. The predicted octanol–water partition coefficient (Wildman–Crippen LogP) is 2.45. The second-order valence-electron chi connectivity index (χ2n) is 5.15. The molecule has 3 nitrogen and oxygen atoms in total. The molecule has 0 aliphatic rings. The molecule has 0 bridgehead atoms. The molecule has 3 heteroatoms.